The largest absolute Gasteiger partial charge is 0.352 e. The molecule has 1 atom stereocenters. The summed E-state index contributed by atoms with van der Waals surface area (Å²) in [6, 6.07) is 6.20. The van der Waals surface area contributed by atoms with Crippen LogP contribution < -0.4 is 15.8 Å². The Morgan fingerprint density at radius 1 is 1.33 bits per heavy atom. The molecule has 1 aliphatic heterocycles. The second kappa shape index (κ2) is 7.02. The zero-order chi connectivity index (χ0) is 15.3. The molecule has 1 aromatic rings. The minimum atomic E-state index is -3.66. The third-order valence-corrected chi connectivity index (χ3v) is 4.61. The number of nitrogens with one attached hydrogen (secondary N) is 2. The number of sulfonamides is 1. The van der Waals surface area contributed by atoms with E-state index in [9.17, 15) is 13.2 Å². The molecular weight excluding hydrogens is 290 g/mol. The first-order valence-corrected chi connectivity index (χ1v) is 8.59. The first-order valence-electron chi connectivity index (χ1n) is 7.04. The number of carbonyl (C=O) groups excluding carboxylic acids is 1. The lowest BCUT2D eigenvalue weighted by molar-refractivity contribution is -0.121. The lowest BCUT2D eigenvalue weighted by atomic mass is 10.0. The summed E-state index contributed by atoms with van der Waals surface area (Å²) in [6.07, 6.45) is 2.58. The van der Waals surface area contributed by atoms with Gasteiger partial charge in [-0.3, -0.25) is 4.79 Å². The molecule has 116 valence electrons. The monoisotopic (exact) mass is 311 g/mol. The zero-order valence-corrected chi connectivity index (χ0v) is 12.7. The van der Waals surface area contributed by atoms with E-state index in [1.54, 1.807) is 12.1 Å². The van der Waals surface area contributed by atoms with Gasteiger partial charge in [-0.1, -0.05) is 12.1 Å². The Morgan fingerprint density at radius 2 is 2.05 bits per heavy atom. The quantitative estimate of drug-likeness (QED) is 0.705. The van der Waals surface area contributed by atoms with Crippen LogP contribution in [0.25, 0.3) is 0 Å². The van der Waals surface area contributed by atoms with Crippen LogP contribution in [0.15, 0.2) is 29.2 Å². The fourth-order valence-corrected chi connectivity index (χ4v) is 2.90. The van der Waals surface area contributed by atoms with E-state index < -0.39 is 10.0 Å². The molecule has 0 saturated carbocycles. The first kappa shape index (κ1) is 15.9. The molecule has 0 radical (unpaired) electrons. The van der Waals surface area contributed by atoms with Crippen LogP contribution in [0, 0.1) is 5.92 Å². The summed E-state index contributed by atoms with van der Waals surface area (Å²) in [5.41, 5.74) is 0.846. The summed E-state index contributed by atoms with van der Waals surface area (Å²) in [7, 11) is -3.66. The maximum atomic E-state index is 11.8. The summed E-state index contributed by atoms with van der Waals surface area (Å²) in [5.74, 6) is 0.627. The SMILES string of the molecule is NS(=O)(=O)c1ccc(CNC(=O)CCC2CCNC2)cc1. The summed E-state index contributed by atoms with van der Waals surface area (Å²) in [6.45, 7) is 2.44. The molecule has 21 heavy (non-hydrogen) atoms. The smallest absolute Gasteiger partial charge is 0.238 e. The molecule has 1 aromatic carbocycles. The minimum absolute atomic E-state index is 0.0254. The van der Waals surface area contributed by atoms with Crippen molar-refractivity contribution in [3.05, 3.63) is 29.8 Å². The van der Waals surface area contributed by atoms with E-state index in [1.165, 1.54) is 12.1 Å². The number of rotatable bonds is 6. The van der Waals surface area contributed by atoms with Crippen LogP contribution in [0.4, 0.5) is 0 Å². The maximum absolute atomic E-state index is 11.8. The zero-order valence-electron chi connectivity index (χ0n) is 11.8. The predicted octanol–water partition coefficient (Wildman–Crippen LogP) is 0.340. The van der Waals surface area contributed by atoms with Crippen LogP contribution in [0.5, 0.6) is 0 Å². The van der Waals surface area contributed by atoms with E-state index in [1.807, 2.05) is 0 Å². The van der Waals surface area contributed by atoms with Gasteiger partial charge in [0.1, 0.15) is 0 Å². The standard InChI is InChI=1S/C14H21N3O3S/c15-21(19,20)13-4-1-11(2-5-13)10-17-14(18)6-3-12-7-8-16-9-12/h1-2,4-5,12,16H,3,6-10H2,(H,17,18)(H2,15,19,20). The van der Waals surface area contributed by atoms with E-state index in [-0.39, 0.29) is 10.8 Å². The van der Waals surface area contributed by atoms with E-state index in [4.69, 9.17) is 5.14 Å². The Morgan fingerprint density at radius 3 is 2.62 bits per heavy atom. The molecule has 7 heteroatoms. The fraction of sp³-hybridized carbons (Fsp3) is 0.500. The Kier molecular flexibility index (Phi) is 5.33. The maximum Gasteiger partial charge on any atom is 0.238 e. The number of amides is 1. The molecule has 1 unspecified atom stereocenters. The highest BCUT2D eigenvalue weighted by Crippen LogP contribution is 2.14. The number of hydrogen-bond acceptors (Lipinski definition) is 4. The van der Waals surface area contributed by atoms with Gasteiger partial charge in [0.25, 0.3) is 0 Å². The van der Waals surface area contributed by atoms with Crippen LogP contribution >= 0.6 is 0 Å². The van der Waals surface area contributed by atoms with Crippen molar-refractivity contribution in [3.63, 3.8) is 0 Å². The number of nitrogens with two attached hydrogens (primary N) is 1. The van der Waals surface area contributed by atoms with Gasteiger partial charge < -0.3 is 10.6 Å². The van der Waals surface area contributed by atoms with Gasteiger partial charge in [-0.05, 0) is 49.5 Å². The molecule has 1 aliphatic rings. The van der Waals surface area contributed by atoms with Crippen molar-refractivity contribution in [2.75, 3.05) is 13.1 Å². The van der Waals surface area contributed by atoms with Gasteiger partial charge >= 0.3 is 0 Å². The third kappa shape index (κ3) is 5.11. The van der Waals surface area contributed by atoms with Gasteiger partial charge in [-0.15, -0.1) is 0 Å². The van der Waals surface area contributed by atoms with Crippen molar-refractivity contribution in [1.29, 1.82) is 0 Å². The minimum Gasteiger partial charge on any atom is -0.352 e. The molecule has 0 aromatic heterocycles. The highest BCUT2D eigenvalue weighted by molar-refractivity contribution is 7.89. The van der Waals surface area contributed by atoms with E-state index in [2.05, 4.69) is 10.6 Å². The van der Waals surface area contributed by atoms with Crippen LogP contribution in [0.1, 0.15) is 24.8 Å². The lowest BCUT2D eigenvalue weighted by Crippen LogP contribution is -2.23. The average molecular weight is 311 g/mol. The second-order valence-electron chi connectivity index (χ2n) is 5.36. The van der Waals surface area contributed by atoms with Crippen LogP contribution in [-0.2, 0) is 21.4 Å². The van der Waals surface area contributed by atoms with Crippen molar-refractivity contribution < 1.29 is 13.2 Å². The third-order valence-electron chi connectivity index (χ3n) is 3.68. The molecule has 0 bridgehead atoms. The number of primary sulfonamides is 1. The van der Waals surface area contributed by atoms with Gasteiger partial charge in [-0.25, -0.2) is 13.6 Å². The van der Waals surface area contributed by atoms with Crippen molar-refractivity contribution in [1.82, 2.24) is 10.6 Å². The average Bonchev–Trinajstić information content (AvgIpc) is 2.95. The molecule has 6 nitrogen and oxygen atoms in total. The highest BCUT2D eigenvalue weighted by Gasteiger charge is 2.15. The second-order valence-corrected chi connectivity index (χ2v) is 6.92. The first-order chi connectivity index (χ1) is 9.95. The predicted molar refractivity (Wildman–Crippen MR) is 79.9 cm³/mol. The Bertz CT molecular complexity index is 578. The number of benzene rings is 1. The molecule has 0 spiro atoms. The molecule has 1 fully saturated rings. The van der Waals surface area contributed by atoms with Gasteiger partial charge in [0.05, 0.1) is 4.90 Å². The lowest BCUT2D eigenvalue weighted by Gasteiger charge is -2.09. The van der Waals surface area contributed by atoms with Gasteiger partial charge in [0, 0.05) is 13.0 Å². The normalized spacial score (nSPS) is 18.6. The summed E-state index contributed by atoms with van der Waals surface area (Å²) in [4.78, 5) is 11.8. The number of hydrogen-bond donors (Lipinski definition) is 3. The molecular formula is C14H21N3O3S. The molecule has 1 saturated heterocycles. The van der Waals surface area contributed by atoms with E-state index >= 15 is 0 Å². The summed E-state index contributed by atoms with van der Waals surface area (Å²) in [5, 5.41) is 11.1. The van der Waals surface area contributed by atoms with Crippen LogP contribution in [-0.4, -0.2) is 27.4 Å². The molecule has 2 rings (SSSR count). The Hall–Kier alpha value is -1.44. The van der Waals surface area contributed by atoms with Gasteiger partial charge in [0.2, 0.25) is 15.9 Å². The van der Waals surface area contributed by atoms with Crippen molar-refractivity contribution in [2.45, 2.75) is 30.7 Å². The molecule has 1 heterocycles. The van der Waals surface area contributed by atoms with Crippen molar-refractivity contribution in [2.24, 2.45) is 11.1 Å². The summed E-state index contributed by atoms with van der Waals surface area (Å²) < 4.78 is 22.2. The van der Waals surface area contributed by atoms with Gasteiger partial charge in [0.15, 0.2) is 0 Å². The topological polar surface area (TPSA) is 101 Å². The molecule has 4 N–H and O–H groups in total. The van der Waals surface area contributed by atoms with Crippen LogP contribution in [0.2, 0.25) is 0 Å². The van der Waals surface area contributed by atoms with E-state index in [0.29, 0.717) is 18.9 Å². The summed E-state index contributed by atoms with van der Waals surface area (Å²) >= 11 is 0. The van der Waals surface area contributed by atoms with Crippen LogP contribution in [0.3, 0.4) is 0 Å². The fourth-order valence-electron chi connectivity index (χ4n) is 2.38. The molecule has 1 amide bonds. The molecule has 0 aliphatic carbocycles. The van der Waals surface area contributed by atoms with Crippen molar-refractivity contribution >= 4 is 15.9 Å². The Balaban J connectivity index is 1.75. The van der Waals surface area contributed by atoms with Crippen molar-refractivity contribution in [3.8, 4) is 0 Å². The highest BCUT2D eigenvalue weighted by atomic mass is 32.2. The van der Waals surface area contributed by atoms with Gasteiger partial charge in [-0.2, -0.15) is 0 Å². The number of carbonyl (C=O) groups is 1. The Labute approximate surface area is 125 Å². The van der Waals surface area contributed by atoms with E-state index in [0.717, 1.165) is 31.5 Å².